The molecule has 4 rings (SSSR count). The summed E-state index contributed by atoms with van der Waals surface area (Å²) in [5.41, 5.74) is 3.53. The normalized spacial score (nSPS) is 16.7. The van der Waals surface area contributed by atoms with Crippen molar-refractivity contribution in [3.8, 4) is 11.1 Å². The van der Waals surface area contributed by atoms with Gasteiger partial charge in [0.2, 0.25) is 0 Å². The third-order valence-electron chi connectivity index (χ3n) is 7.37. The summed E-state index contributed by atoms with van der Waals surface area (Å²) in [5.74, 6) is -3.99. The molecule has 0 aromatic heterocycles. The Labute approximate surface area is 258 Å². The van der Waals surface area contributed by atoms with Gasteiger partial charge in [-0.2, -0.15) is 26.3 Å². The van der Waals surface area contributed by atoms with Crippen LogP contribution in [0.5, 0.6) is 0 Å². The minimum absolute atomic E-state index is 0.128. The van der Waals surface area contributed by atoms with Gasteiger partial charge in [0.15, 0.2) is 0 Å². The number of nitrogens with two attached hydrogens (primary N) is 1. The fourth-order valence-corrected chi connectivity index (χ4v) is 6.77. The van der Waals surface area contributed by atoms with Gasteiger partial charge in [-0.25, -0.2) is 9.59 Å². The van der Waals surface area contributed by atoms with E-state index in [0.29, 0.717) is 19.3 Å². The summed E-state index contributed by atoms with van der Waals surface area (Å²) in [7, 11) is -9.36. The highest BCUT2D eigenvalue weighted by molar-refractivity contribution is 7.85. The van der Waals surface area contributed by atoms with Crippen LogP contribution in [0.1, 0.15) is 44.1 Å². The first-order chi connectivity index (χ1) is 20.4. The summed E-state index contributed by atoms with van der Waals surface area (Å²) in [6.45, 7) is 5.98. The molecular weight excluding hydrogens is 620 g/mol. The van der Waals surface area contributed by atoms with Crippen molar-refractivity contribution in [1.82, 2.24) is 14.1 Å². The van der Waals surface area contributed by atoms with Crippen LogP contribution in [0.3, 0.4) is 0 Å². The van der Waals surface area contributed by atoms with Crippen molar-refractivity contribution in [3.63, 3.8) is 0 Å². The molecule has 2 aliphatic rings. The Kier molecular flexibility index (Phi) is 11.6. The summed E-state index contributed by atoms with van der Waals surface area (Å²) in [5, 5.41) is 5.25. The number of benzene rings is 2. The van der Waals surface area contributed by atoms with Crippen molar-refractivity contribution in [1.29, 1.82) is 0 Å². The van der Waals surface area contributed by atoms with Crippen LogP contribution in [0.25, 0.3) is 11.1 Å². The van der Waals surface area contributed by atoms with Gasteiger partial charge in [0.1, 0.15) is 0 Å². The van der Waals surface area contributed by atoms with Crippen molar-refractivity contribution < 1.29 is 34.8 Å². The van der Waals surface area contributed by atoms with Crippen molar-refractivity contribution >= 4 is 44.1 Å². The van der Waals surface area contributed by atoms with Crippen LogP contribution in [0.15, 0.2) is 48.5 Å². The second-order valence-electron chi connectivity index (χ2n) is 10.8. The highest BCUT2D eigenvalue weighted by Crippen LogP contribution is 2.30. The molecule has 0 bridgehead atoms. The number of piperazine rings is 1. The molecule has 0 unspecified atom stereocenters. The van der Waals surface area contributed by atoms with Gasteiger partial charge in [-0.15, -0.1) is 0 Å². The molecule has 2 fully saturated rings. The van der Waals surface area contributed by atoms with E-state index in [1.807, 2.05) is 18.2 Å². The molecule has 2 N–H and O–H groups in total. The van der Waals surface area contributed by atoms with Gasteiger partial charge in [0.05, 0.1) is 0 Å². The smallest absolute Gasteiger partial charge is 0.324 e. The Morgan fingerprint density at radius 2 is 1.47 bits per heavy atom. The maximum atomic E-state index is 12.5. The number of hydrogen-bond donors (Lipinski definition) is 1. The van der Waals surface area contributed by atoms with E-state index in [1.54, 1.807) is 0 Å². The van der Waals surface area contributed by atoms with Crippen LogP contribution in [0, 0.1) is 0 Å². The van der Waals surface area contributed by atoms with E-state index in [-0.39, 0.29) is 12.6 Å². The molecule has 1 heterocycles. The van der Waals surface area contributed by atoms with Crippen molar-refractivity contribution in [2.45, 2.75) is 51.1 Å². The lowest BCUT2D eigenvalue weighted by Gasteiger charge is -2.34. The first kappa shape index (κ1) is 33.3. The Hall–Kier alpha value is -2.59. The summed E-state index contributed by atoms with van der Waals surface area (Å²) in [4.78, 5) is 28.0. The van der Waals surface area contributed by atoms with Gasteiger partial charge < -0.3 is 13.3 Å². The molecule has 2 aromatic carbocycles. The number of nitrogens with zero attached hydrogens (tertiary/aromatic N) is 3. The van der Waals surface area contributed by atoms with E-state index in [0.717, 1.165) is 79.0 Å². The average Bonchev–Trinajstić information content (AvgIpc) is 3.78. The molecule has 1 saturated heterocycles. The lowest BCUT2D eigenvalue weighted by atomic mass is 10.0. The van der Waals surface area contributed by atoms with Crippen LogP contribution < -0.4 is 5.14 Å². The zero-order chi connectivity index (χ0) is 31.0. The molecule has 15 heteroatoms. The van der Waals surface area contributed by atoms with E-state index in [2.05, 4.69) is 53.6 Å². The first-order valence-corrected chi connectivity index (χ1v) is 17.4. The fraction of sp³-hybridized carbons (Fsp3) is 0.500. The van der Waals surface area contributed by atoms with E-state index in [9.17, 15) is 26.4 Å². The van der Waals surface area contributed by atoms with Gasteiger partial charge >= 0.3 is 32.5 Å². The number of unbranched alkanes of at least 4 members (excludes halogenated alkanes) is 3. The first-order valence-electron chi connectivity index (χ1n) is 14.2. The van der Waals surface area contributed by atoms with E-state index < -0.39 is 32.5 Å². The monoisotopic (exact) mass is 656 g/mol. The number of hydrogen-bond acceptors (Lipinski definition) is 10. The maximum Gasteiger partial charge on any atom is 0.435 e. The summed E-state index contributed by atoms with van der Waals surface area (Å²) in [6.07, 6.45) is 4.45. The number of carbonyl (C=O) groups excluding carboxylic acids is 2. The quantitative estimate of drug-likeness (QED) is 0.237. The van der Waals surface area contributed by atoms with Gasteiger partial charge in [-0.05, 0) is 61.1 Å². The summed E-state index contributed by atoms with van der Waals surface area (Å²) in [6, 6.07) is 16.1. The molecule has 0 radical (unpaired) electrons. The van der Waals surface area contributed by atoms with E-state index in [1.165, 1.54) is 5.56 Å². The minimum atomic E-state index is -4.77. The lowest BCUT2D eigenvalue weighted by molar-refractivity contribution is -0.155. The lowest BCUT2D eigenvalue weighted by Crippen LogP contribution is -2.46. The second kappa shape index (κ2) is 14.9. The maximum absolute atomic E-state index is 12.5. The number of halogens is 1. The Morgan fingerprint density at radius 3 is 2.09 bits per heavy atom. The fourth-order valence-electron chi connectivity index (χ4n) is 5.01. The van der Waals surface area contributed by atoms with Crippen LogP contribution >= 0.6 is 11.6 Å². The molecule has 1 aliphatic heterocycles. The van der Waals surface area contributed by atoms with Crippen LogP contribution in [-0.4, -0.2) is 88.2 Å². The van der Waals surface area contributed by atoms with Crippen LogP contribution in [-0.2, 0) is 45.1 Å². The van der Waals surface area contributed by atoms with E-state index >= 15 is 0 Å². The molecule has 1 aliphatic carbocycles. The predicted molar refractivity (Wildman–Crippen MR) is 161 cm³/mol. The van der Waals surface area contributed by atoms with Gasteiger partial charge in [-0.3, -0.25) is 4.90 Å². The topological polar surface area (TPSA) is 157 Å². The zero-order valence-electron chi connectivity index (χ0n) is 23.8. The van der Waals surface area contributed by atoms with Crippen molar-refractivity contribution in [2.75, 3.05) is 39.3 Å². The van der Waals surface area contributed by atoms with Crippen LogP contribution in [0.4, 0.5) is 0 Å². The Balaban J connectivity index is 1.11. The highest BCUT2D eigenvalue weighted by atomic mass is 35.5. The Bertz CT molecular complexity index is 1480. The second-order valence-corrected chi connectivity index (χ2v) is 13.9. The molecule has 0 atom stereocenters. The largest absolute Gasteiger partial charge is 0.435 e. The van der Waals surface area contributed by atoms with Gasteiger partial charge in [-0.1, -0.05) is 60.8 Å². The molecule has 12 nitrogen and oxygen atoms in total. The molecule has 43 heavy (non-hydrogen) atoms. The number of carbonyl (C=O) groups is 2. The highest BCUT2D eigenvalue weighted by Gasteiger charge is 2.40. The molecule has 0 spiro atoms. The predicted octanol–water partition coefficient (Wildman–Crippen LogP) is 2.68. The SMILES string of the molecule is NS(=O)(=O)OC(=O)C(=O)OS(=O)(=O)N(CCCCCCN1CCN(Cc2ccc(-c3cccc(Cl)c3)cc2)CC1)C1CC1. The van der Waals surface area contributed by atoms with Gasteiger partial charge in [0, 0.05) is 50.3 Å². The van der Waals surface area contributed by atoms with Crippen LogP contribution in [0.2, 0.25) is 5.02 Å². The summed E-state index contributed by atoms with van der Waals surface area (Å²) < 4.78 is 55.6. The third kappa shape index (κ3) is 10.8. The minimum Gasteiger partial charge on any atom is -0.324 e. The van der Waals surface area contributed by atoms with E-state index in [4.69, 9.17) is 11.6 Å². The zero-order valence-corrected chi connectivity index (χ0v) is 26.2. The molecule has 2 aromatic rings. The van der Waals surface area contributed by atoms with Crippen molar-refractivity contribution in [2.24, 2.45) is 5.14 Å². The summed E-state index contributed by atoms with van der Waals surface area (Å²) >= 11 is 6.12. The molecule has 0 amide bonds. The molecular formula is C28H37ClN4O8S2. The Morgan fingerprint density at radius 1 is 0.837 bits per heavy atom. The average molecular weight is 657 g/mol. The number of rotatable bonds is 14. The standard InChI is InChI=1S/C28H37ClN4O8S2/c29-25-7-5-6-24(20-25)23-10-8-22(9-11-23)21-32-18-16-31(17-19-32)14-3-1-2-4-15-33(26-12-13-26)43(38,39)41-28(35)27(34)40-42(30,36)37/h5-11,20,26H,1-4,12-19,21H2,(H2,30,36,37). The molecule has 1 saturated carbocycles. The van der Waals surface area contributed by atoms with Gasteiger partial charge in [0.25, 0.3) is 0 Å². The van der Waals surface area contributed by atoms with Crippen molar-refractivity contribution in [3.05, 3.63) is 59.1 Å². The molecule has 236 valence electrons. The third-order valence-corrected chi connectivity index (χ3v) is 9.40.